The minimum atomic E-state index is -0.326. The van der Waals surface area contributed by atoms with Crippen molar-refractivity contribution >= 4 is 16.8 Å². The maximum absolute atomic E-state index is 11.7. The number of Topliss-reactive ketones (excluding diaryl/α,β-unsaturated/α-hetero) is 1. The lowest BCUT2D eigenvalue weighted by atomic mass is 10.1. The molecule has 4 nitrogen and oxygen atoms in total. The number of phenolic OH excluding ortho intramolecular Hbond substituents is 1. The van der Waals surface area contributed by atoms with E-state index in [0.29, 0.717) is 23.1 Å². The Hall–Kier alpha value is -1.81. The number of aromatic hydroxyl groups is 1. The molecule has 15 heavy (non-hydrogen) atoms. The molecule has 1 unspecified atom stereocenters. The zero-order chi connectivity index (χ0) is 10.4. The van der Waals surface area contributed by atoms with Crippen LogP contribution in [0.25, 0.3) is 11.0 Å². The molecule has 0 spiro atoms. The van der Waals surface area contributed by atoms with Crippen molar-refractivity contribution in [2.75, 3.05) is 6.61 Å². The Balaban J connectivity index is 2.17. The standard InChI is InChI=1S/C11H8O4/c12-6-1-2-9-7(3-6)8(4-14-9)11(13)10-5-15-10/h1-4,10,12H,5H2. The van der Waals surface area contributed by atoms with Gasteiger partial charge >= 0.3 is 0 Å². The number of ketones is 1. The summed E-state index contributed by atoms with van der Waals surface area (Å²) in [5.41, 5.74) is 1.07. The Morgan fingerprint density at radius 3 is 3.00 bits per heavy atom. The largest absolute Gasteiger partial charge is 0.508 e. The third-order valence-corrected chi connectivity index (χ3v) is 2.45. The molecule has 0 bridgehead atoms. The highest BCUT2D eigenvalue weighted by atomic mass is 16.6. The number of rotatable bonds is 2. The van der Waals surface area contributed by atoms with Gasteiger partial charge in [0.2, 0.25) is 0 Å². The quantitative estimate of drug-likeness (QED) is 0.597. The van der Waals surface area contributed by atoms with E-state index >= 15 is 0 Å². The number of hydrogen-bond donors (Lipinski definition) is 1. The second-order valence-corrected chi connectivity index (χ2v) is 3.52. The van der Waals surface area contributed by atoms with Gasteiger partial charge in [0.05, 0.1) is 12.2 Å². The molecule has 76 valence electrons. The van der Waals surface area contributed by atoms with Gasteiger partial charge in [-0.05, 0) is 18.2 Å². The highest BCUT2D eigenvalue weighted by molar-refractivity contribution is 6.10. The molecular weight excluding hydrogens is 196 g/mol. The third kappa shape index (κ3) is 1.30. The highest BCUT2D eigenvalue weighted by Gasteiger charge is 2.33. The van der Waals surface area contributed by atoms with Crippen LogP contribution in [0, 0.1) is 0 Å². The van der Waals surface area contributed by atoms with E-state index in [-0.39, 0.29) is 17.6 Å². The van der Waals surface area contributed by atoms with E-state index in [4.69, 9.17) is 9.15 Å². The van der Waals surface area contributed by atoms with E-state index in [1.165, 1.54) is 18.4 Å². The van der Waals surface area contributed by atoms with E-state index in [9.17, 15) is 9.90 Å². The molecule has 1 N–H and O–H groups in total. The number of carbonyl (C=O) groups excluding carboxylic acids is 1. The van der Waals surface area contributed by atoms with E-state index in [1.54, 1.807) is 6.07 Å². The molecule has 0 saturated carbocycles. The van der Waals surface area contributed by atoms with E-state index in [1.807, 2.05) is 0 Å². The Labute approximate surface area is 85.1 Å². The van der Waals surface area contributed by atoms with Crippen molar-refractivity contribution in [3.8, 4) is 5.75 Å². The number of phenols is 1. The number of benzene rings is 1. The molecular formula is C11H8O4. The lowest BCUT2D eigenvalue weighted by Crippen LogP contribution is -2.05. The van der Waals surface area contributed by atoms with Gasteiger partial charge in [-0.1, -0.05) is 0 Å². The first-order valence-corrected chi connectivity index (χ1v) is 4.62. The minimum Gasteiger partial charge on any atom is -0.508 e. The van der Waals surface area contributed by atoms with Crippen molar-refractivity contribution < 1.29 is 19.1 Å². The van der Waals surface area contributed by atoms with Crippen LogP contribution in [0.1, 0.15) is 10.4 Å². The number of carbonyl (C=O) groups is 1. The molecule has 1 saturated heterocycles. The lowest BCUT2D eigenvalue weighted by Gasteiger charge is -1.94. The lowest BCUT2D eigenvalue weighted by molar-refractivity contribution is 0.0954. The SMILES string of the molecule is O=C(c1coc2ccc(O)cc12)C1CO1. The van der Waals surface area contributed by atoms with Gasteiger partial charge < -0.3 is 14.3 Å². The van der Waals surface area contributed by atoms with Gasteiger partial charge in [0, 0.05) is 5.39 Å². The van der Waals surface area contributed by atoms with E-state index in [2.05, 4.69) is 0 Å². The summed E-state index contributed by atoms with van der Waals surface area (Å²) < 4.78 is 10.1. The molecule has 1 aromatic heterocycles. The van der Waals surface area contributed by atoms with Crippen LogP contribution in [0.15, 0.2) is 28.9 Å². The van der Waals surface area contributed by atoms with Gasteiger partial charge in [-0.3, -0.25) is 4.79 Å². The molecule has 1 aliphatic heterocycles. The molecule has 0 radical (unpaired) electrons. The number of ether oxygens (including phenoxy) is 1. The van der Waals surface area contributed by atoms with Crippen molar-refractivity contribution in [2.24, 2.45) is 0 Å². The van der Waals surface area contributed by atoms with Crippen LogP contribution in [-0.4, -0.2) is 23.6 Å². The van der Waals surface area contributed by atoms with Gasteiger partial charge in [0.25, 0.3) is 0 Å². The van der Waals surface area contributed by atoms with Crippen LogP contribution in [-0.2, 0) is 4.74 Å². The fourth-order valence-electron chi connectivity index (χ4n) is 1.58. The van der Waals surface area contributed by atoms with Gasteiger partial charge in [-0.25, -0.2) is 0 Å². The van der Waals surface area contributed by atoms with Crippen molar-refractivity contribution in [1.82, 2.24) is 0 Å². The predicted octanol–water partition coefficient (Wildman–Crippen LogP) is 1.72. The Morgan fingerprint density at radius 1 is 1.47 bits per heavy atom. The van der Waals surface area contributed by atoms with Crippen molar-refractivity contribution in [3.63, 3.8) is 0 Å². The van der Waals surface area contributed by atoms with Crippen LogP contribution in [0.5, 0.6) is 5.75 Å². The molecule has 1 aliphatic rings. The van der Waals surface area contributed by atoms with Gasteiger partial charge in [0.1, 0.15) is 23.7 Å². The zero-order valence-corrected chi connectivity index (χ0v) is 7.77. The first kappa shape index (κ1) is 8.49. The second-order valence-electron chi connectivity index (χ2n) is 3.52. The highest BCUT2D eigenvalue weighted by Crippen LogP contribution is 2.28. The van der Waals surface area contributed by atoms with E-state index in [0.717, 1.165) is 0 Å². The molecule has 1 fully saturated rings. The zero-order valence-electron chi connectivity index (χ0n) is 7.77. The minimum absolute atomic E-state index is 0.0839. The molecule has 2 heterocycles. The van der Waals surface area contributed by atoms with Crippen LogP contribution >= 0.6 is 0 Å². The number of hydrogen-bond acceptors (Lipinski definition) is 4. The normalized spacial score (nSPS) is 19.3. The Bertz CT molecular complexity index is 537. The van der Waals surface area contributed by atoms with E-state index < -0.39 is 0 Å². The number of fused-ring (bicyclic) bond motifs is 1. The van der Waals surface area contributed by atoms with Crippen LogP contribution < -0.4 is 0 Å². The fourth-order valence-corrected chi connectivity index (χ4v) is 1.58. The van der Waals surface area contributed by atoms with Gasteiger partial charge in [0.15, 0.2) is 5.78 Å². The molecule has 4 heteroatoms. The maximum atomic E-state index is 11.7. The molecule has 1 aromatic carbocycles. The summed E-state index contributed by atoms with van der Waals surface area (Å²) in [5.74, 6) is 0.0361. The molecule has 2 aromatic rings. The summed E-state index contributed by atoms with van der Waals surface area (Å²) in [6.45, 7) is 0.477. The summed E-state index contributed by atoms with van der Waals surface area (Å²) in [4.78, 5) is 11.7. The number of epoxide rings is 1. The first-order chi connectivity index (χ1) is 7.25. The molecule has 0 aliphatic carbocycles. The Kier molecular flexibility index (Phi) is 1.61. The predicted molar refractivity (Wildman–Crippen MR) is 51.9 cm³/mol. The number of furan rings is 1. The molecule has 3 rings (SSSR count). The molecule has 0 amide bonds. The average Bonchev–Trinajstić information content (AvgIpc) is 2.98. The van der Waals surface area contributed by atoms with Crippen molar-refractivity contribution in [3.05, 3.63) is 30.0 Å². The summed E-state index contributed by atoms with van der Waals surface area (Å²) in [5, 5.41) is 9.96. The first-order valence-electron chi connectivity index (χ1n) is 4.62. The van der Waals surface area contributed by atoms with Crippen LogP contribution in [0.3, 0.4) is 0 Å². The fraction of sp³-hybridized carbons (Fsp3) is 0.182. The smallest absolute Gasteiger partial charge is 0.197 e. The summed E-state index contributed by atoms with van der Waals surface area (Å²) in [7, 11) is 0. The summed E-state index contributed by atoms with van der Waals surface area (Å²) in [6, 6.07) is 4.68. The Morgan fingerprint density at radius 2 is 2.27 bits per heavy atom. The van der Waals surface area contributed by atoms with Crippen LogP contribution in [0.2, 0.25) is 0 Å². The van der Waals surface area contributed by atoms with Gasteiger partial charge in [-0.15, -0.1) is 0 Å². The van der Waals surface area contributed by atoms with Gasteiger partial charge in [-0.2, -0.15) is 0 Å². The average molecular weight is 204 g/mol. The van der Waals surface area contributed by atoms with Crippen molar-refractivity contribution in [1.29, 1.82) is 0 Å². The summed E-state index contributed by atoms with van der Waals surface area (Å²) >= 11 is 0. The monoisotopic (exact) mass is 204 g/mol. The van der Waals surface area contributed by atoms with Crippen LogP contribution in [0.4, 0.5) is 0 Å². The summed E-state index contributed by atoms with van der Waals surface area (Å²) in [6.07, 6.45) is 1.09. The van der Waals surface area contributed by atoms with Crippen molar-refractivity contribution in [2.45, 2.75) is 6.10 Å². The third-order valence-electron chi connectivity index (χ3n) is 2.45. The topological polar surface area (TPSA) is 63.0 Å². The second kappa shape index (κ2) is 2.84. The maximum Gasteiger partial charge on any atom is 0.197 e. The molecule has 1 atom stereocenters.